The maximum absolute atomic E-state index is 12.8. The van der Waals surface area contributed by atoms with E-state index in [1.54, 1.807) is 50.2 Å². The van der Waals surface area contributed by atoms with Crippen LogP contribution in [0.2, 0.25) is 0 Å². The molecule has 0 saturated heterocycles. The molecule has 0 radical (unpaired) electrons. The first-order valence-corrected chi connectivity index (χ1v) is 10.5. The zero-order chi connectivity index (χ0) is 21.1. The summed E-state index contributed by atoms with van der Waals surface area (Å²) in [5.41, 5.74) is 2.90. The summed E-state index contributed by atoms with van der Waals surface area (Å²) in [5.74, 6) is -0.865. The summed E-state index contributed by atoms with van der Waals surface area (Å²) in [7, 11) is -2.02. The first-order valence-electron chi connectivity index (χ1n) is 8.69. The molecule has 7 nitrogen and oxygen atoms in total. The van der Waals surface area contributed by atoms with Crippen LogP contribution in [-0.2, 0) is 14.8 Å². The first kappa shape index (κ1) is 21.4. The molecule has 0 bridgehead atoms. The molecule has 28 heavy (non-hydrogen) atoms. The molecule has 1 amide bonds. The van der Waals surface area contributed by atoms with Crippen molar-refractivity contribution in [1.29, 1.82) is 0 Å². The maximum atomic E-state index is 12.8. The Hall–Kier alpha value is -2.87. The summed E-state index contributed by atoms with van der Waals surface area (Å²) >= 11 is 0. The molecule has 0 aliphatic carbocycles. The van der Waals surface area contributed by atoms with Crippen molar-refractivity contribution in [2.24, 2.45) is 0 Å². The van der Waals surface area contributed by atoms with E-state index < -0.39 is 21.9 Å². The highest BCUT2D eigenvalue weighted by Gasteiger charge is 2.19. The summed E-state index contributed by atoms with van der Waals surface area (Å²) in [6.07, 6.45) is 1.10. The number of rotatable bonds is 6. The fourth-order valence-electron chi connectivity index (χ4n) is 2.68. The zero-order valence-corrected chi connectivity index (χ0v) is 17.4. The smallest absolute Gasteiger partial charge is 0.338 e. The van der Waals surface area contributed by atoms with Gasteiger partial charge in [-0.3, -0.25) is 9.10 Å². The number of amides is 1. The lowest BCUT2D eigenvalue weighted by Gasteiger charge is -2.20. The van der Waals surface area contributed by atoms with Gasteiger partial charge in [-0.1, -0.05) is 12.1 Å². The normalized spacial score (nSPS) is 11.0. The minimum absolute atomic E-state index is 0.258. The van der Waals surface area contributed by atoms with Gasteiger partial charge in [0.2, 0.25) is 10.0 Å². The molecule has 0 heterocycles. The quantitative estimate of drug-likeness (QED) is 0.747. The van der Waals surface area contributed by atoms with Gasteiger partial charge in [0.05, 0.1) is 24.1 Å². The molecule has 0 aliphatic heterocycles. The third-order valence-electron chi connectivity index (χ3n) is 4.38. The number of benzene rings is 2. The molecule has 2 aromatic rings. The summed E-state index contributed by atoms with van der Waals surface area (Å²) in [4.78, 5) is 24.8. The molecule has 150 valence electrons. The molecule has 0 saturated carbocycles. The van der Waals surface area contributed by atoms with Gasteiger partial charge in [0.1, 0.15) is 0 Å². The molecular weight excluding hydrogens is 380 g/mol. The highest BCUT2D eigenvalue weighted by molar-refractivity contribution is 7.92. The monoisotopic (exact) mass is 404 g/mol. The van der Waals surface area contributed by atoms with Crippen molar-refractivity contribution >= 4 is 33.3 Å². The van der Waals surface area contributed by atoms with Gasteiger partial charge in [-0.25, -0.2) is 13.2 Å². The summed E-state index contributed by atoms with van der Waals surface area (Å²) in [6.45, 7) is 5.48. The third-order valence-corrected chi connectivity index (χ3v) is 5.58. The lowest BCUT2D eigenvalue weighted by Crippen LogP contribution is -2.26. The number of carbonyl (C=O) groups excluding carboxylic acids is 2. The van der Waals surface area contributed by atoms with Gasteiger partial charge in [0.15, 0.2) is 0 Å². The second-order valence-electron chi connectivity index (χ2n) is 6.38. The largest absolute Gasteiger partial charge is 0.462 e. The van der Waals surface area contributed by atoms with Crippen molar-refractivity contribution < 1.29 is 22.7 Å². The SMILES string of the molecule is CCOC(=O)c1ccc(C)c(NC(=O)c2cccc(N(C)S(C)(=O)=O)c2C)c1. The van der Waals surface area contributed by atoms with Crippen LogP contribution in [0.15, 0.2) is 36.4 Å². The predicted octanol–water partition coefficient (Wildman–Crippen LogP) is 3.13. The molecule has 0 spiro atoms. The molecular formula is C20H24N2O5S. The first-order chi connectivity index (χ1) is 13.1. The van der Waals surface area contributed by atoms with E-state index in [1.807, 2.05) is 6.92 Å². The van der Waals surface area contributed by atoms with E-state index >= 15 is 0 Å². The van der Waals surface area contributed by atoms with Crippen LogP contribution in [0.25, 0.3) is 0 Å². The van der Waals surface area contributed by atoms with Crippen LogP contribution >= 0.6 is 0 Å². The van der Waals surface area contributed by atoms with Crippen LogP contribution in [0.3, 0.4) is 0 Å². The van der Waals surface area contributed by atoms with E-state index in [-0.39, 0.29) is 6.61 Å². The molecule has 0 atom stereocenters. The van der Waals surface area contributed by atoms with E-state index in [9.17, 15) is 18.0 Å². The van der Waals surface area contributed by atoms with Gasteiger partial charge in [-0.05, 0) is 56.2 Å². The van der Waals surface area contributed by atoms with E-state index in [0.717, 1.165) is 16.1 Å². The van der Waals surface area contributed by atoms with Crippen molar-refractivity contribution in [1.82, 2.24) is 0 Å². The van der Waals surface area contributed by atoms with E-state index in [0.29, 0.717) is 28.1 Å². The van der Waals surface area contributed by atoms with Gasteiger partial charge in [-0.2, -0.15) is 0 Å². The van der Waals surface area contributed by atoms with E-state index in [2.05, 4.69) is 5.32 Å². The number of carbonyl (C=O) groups is 2. The van der Waals surface area contributed by atoms with Gasteiger partial charge in [-0.15, -0.1) is 0 Å². The van der Waals surface area contributed by atoms with Gasteiger partial charge in [0.25, 0.3) is 5.91 Å². The highest BCUT2D eigenvalue weighted by atomic mass is 32.2. The lowest BCUT2D eigenvalue weighted by molar-refractivity contribution is 0.0526. The zero-order valence-electron chi connectivity index (χ0n) is 16.6. The van der Waals surface area contributed by atoms with Gasteiger partial charge < -0.3 is 10.1 Å². The lowest BCUT2D eigenvalue weighted by atomic mass is 10.0. The fraction of sp³-hybridized carbons (Fsp3) is 0.300. The number of nitrogens with zero attached hydrogens (tertiary/aromatic N) is 1. The van der Waals surface area contributed by atoms with Crippen molar-refractivity contribution in [2.75, 3.05) is 29.5 Å². The predicted molar refractivity (Wildman–Crippen MR) is 110 cm³/mol. The maximum Gasteiger partial charge on any atom is 0.338 e. The molecule has 0 unspecified atom stereocenters. The molecule has 1 N–H and O–H groups in total. The second-order valence-corrected chi connectivity index (χ2v) is 8.40. The number of hydrogen-bond acceptors (Lipinski definition) is 5. The number of anilines is 2. The van der Waals surface area contributed by atoms with Crippen molar-refractivity contribution in [3.05, 3.63) is 58.7 Å². The summed E-state index contributed by atoms with van der Waals surface area (Å²) in [6, 6.07) is 9.81. The Morgan fingerprint density at radius 1 is 1.14 bits per heavy atom. The molecule has 8 heteroatoms. The van der Waals surface area contributed by atoms with Crippen LogP contribution in [0, 0.1) is 13.8 Å². The second kappa shape index (κ2) is 8.43. The number of esters is 1. The third kappa shape index (κ3) is 4.69. The van der Waals surface area contributed by atoms with Crippen LogP contribution in [-0.4, -0.2) is 40.2 Å². The Morgan fingerprint density at radius 2 is 1.82 bits per heavy atom. The minimum Gasteiger partial charge on any atom is -0.462 e. The summed E-state index contributed by atoms with van der Waals surface area (Å²) < 4.78 is 29.8. The molecule has 2 aromatic carbocycles. The van der Waals surface area contributed by atoms with Crippen molar-refractivity contribution in [3.8, 4) is 0 Å². The minimum atomic E-state index is -3.46. The number of sulfonamides is 1. The van der Waals surface area contributed by atoms with Crippen molar-refractivity contribution in [3.63, 3.8) is 0 Å². The van der Waals surface area contributed by atoms with Crippen molar-refractivity contribution in [2.45, 2.75) is 20.8 Å². The van der Waals surface area contributed by atoms with Gasteiger partial charge in [0, 0.05) is 18.3 Å². The Kier molecular flexibility index (Phi) is 6.45. The van der Waals surface area contributed by atoms with Gasteiger partial charge >= 0.3 is 5.97 Å². The van der Waals surface area contributed by atoms with Crippen LogP contribution < -0.4 is 9.62 Å². The Bertz CT molecular complexity index is 1020. The number of aryl methyl sites for hydroxylation is 1. The molecule has 0 aliphatic rings. The summed E-state index contributed by atoms with van der Waals surface area (Å²) in [5, 5.41) is 2.79. The Morgan fingerprint density at radius 3 is 2.43 bits per heavy atom. The highest BCUT2D eigenvalue weighted by Crippen LogP contribution is 2.25. The fourth-order valence-corrected chi connectivity index (χ4v) is 3.23. The number of ether oxygens (including phenoxy) is 1. The standard InChI is InChI=1S/C20H24N2O5S/c1-6-27-20(24)15-11-10-13(2)17(12-15)21-19(23)16-8-7-9-18(14(16)3)22(4)28(5,25)26/h7-12H,6H2,1-5H3,(H,21,23). The van der Waals surface area contributed by atoms with Crippen LogP contribution in [0.5, 0.6) is 0 Å². The molecule has 0 fully saturated rings. The molecule has 0 aromatic heterocycles. The van der Waals surface area contributed by atoms with E-state index in [4.69, 9.17) is 4.74 Å². The topological polar surface area (TPSA) is 92.8 Å². The van der Waals surface area contributed by atoms with E-state index in [1.165, 1.54) is 7.05 Å². The Labute approximate surface area is 165 Å². The molecule has 2 rings (SSSR count). The average Bonchev–Trinajstić information content (AvgIpc) is 2.62. The number of nitrogens with one attached hydrogen (secondary N) is 1. The van der Waals surface area contributed by atoms with Crippen LogP contribution in [0.4, 0.5) is 11.4 Å². The average molecular weight is 404 g/mol. The Balaban J connectivity index is 2.36. The number of hydrogen-bond donors (Lipinski definition) is 1. The van der Waals surface area contributed by atoms with Crippen LogP contribution in [0.1, 0.15) is 38.8 Å².